The molecule has 0 radical (unpaired) electrons. The number of aromatic amines is 1. The van der Waals surface area contributed by atoms with Crippen LogP contribution in [0.4, 0.5) is 0 Å². The third-order valence-electron chi connectivity index (χ3n) is 5.10. The number of likely N-dealkylation sites (tertiary alicyclic amines) is 1. The van der Waals surface area contributed by atoms with Crippen molar-refractivity contribution in [2.75, 3.05) is 13.1 Å². The van der Waals surface area contributed by atoms with E-state index < -0.39 is 0 Å². The number of fused-ring (bicyclic) bond motifs is 3. The van der Waals surface area contributed by atoms with E-state index in [4.69, 9.17) is 10.2 Å². The van der Waals surface area contributed by atoms with Crippen molar-refractivity contribution >= 4 is 27.8 Å². The number of carbonyl (C=O) groups excluding carboxylic acids is 1. The predicted octanol–water partition coefficient (Wildman–Crippen LogP) is 2.69. The first kappa shape index (κ1) is 16.4. The Morgan fingerprint density at radius 2 is 2.14 bits per heavy atom. The number of nitrogens with one attached hydrogen (secondary N) is 1. The van der Waals surface area contributed by atoms with Gasteiger partial charge in [0.1, 0.15) is 11.5 Å². The summed E-state index contributed by atoms with van der Waals surface area (Å²) in [5, 5.41) is 10.0. The first-order valence-electron chi connectivity index (χ1n) is 9.09. The van der Waals surface area contributed by atoms with E-state index in [9.17, 15) is 4.79 Å². The number of hydrogen-bond donors (Lipinski definition) is 1. The van der Waals surface area contributed by atoms with E-state index in [1.807, 2.05) is 23.1 Å². The molecule has 1 saturated heterocycles. The summed E-state index contributed by atoms with van der Waals surface area (Å²) in [5.41, 5.74) is 3.58. The Balaban J connectivity index is 1.33. The summed E-state index contributed by atoms with van der Waals surface area (Å²) >= 11 is 0. The zero-order valence-corrected chi connectivity index (χ0v) is 15.0. The lowest BCUT2D eigenvalue weighted by Gasteiger charge is -2.38. The fourth-order valence-corrected chi connectivity index (χ4v) is 3.66. The lowest BCUT2D eigenvalue weighted by Crippen LogP contribution is -2.51. The van der Waals surface area contributed by atoms with Gasteiger partial charge in [0.25, 0.3) is 5.91 Å². The second kappa shape index (κ2) is 6.43. The van der Waals surface area contributed by atoms with Crippen molar-refractivity contribution in [1.82, 2.24) is 24.8 Å². The fraction of sp³-hybridized carbons (Fsp3) is 0.190. The molecule has 5 rings (SSSR count). The Hall–Kier alpha value is -3.79. The fourth-order valence-electron chi connectivity index (χ4n) is 3.66. The topological polar surface area (TPSA) is 98.6 Å². The molecule has 0 atom stereocenters. The quantitative estimate of drug-likeness (QED) is 0.599. The molecule has 0 unspecified atom stereocenters. The minimum absolute atomic E-state index is 0.0271. The van der Waals surface area contributed by atoms with Crippen LogP contribution in [0.25, 0.3) is 21.9 Å². The molecule has 1 aliphatic heterocycles. The zero-order chi connectivity index (χ0) is 19.1. The molecule has 0 saturated carbocycles. The highest BCUT2D eigenvalue weighted by Gasteiger charge is 2.32. The molecule has 0 spiro atoms. The van der Waals surface area contributed by atoms with Crippen LogP contribution < -0.4 is 0 Å². The monoisotopic (exact) mass is 368 g/mol. The Morgan fingerprint density at radius 1 is 1.25 bits per heavy atom. The van der Waals surface area contributed by atoms with Crippen LogP contribution in [0.2, 0.25) is 0 Å². The van der Waals surface area contributed by atoms with E-state index >= 15 is 0 Å². The molecule has 3 aromatic heterocycles. The van der Waals surface area contributed by atoms with Gasteiger partial charge >= 0.3 is 0 Å². The van der Waals surface area contributed by atoms with E-state index in [0.717, 1.165) is 34.2 Å². The van der Waals surface area contributed by atoms with Crippen LogP contribution in [-0.4, -0.2) is 43.8 Å². The first-order chi connectivity index (χ1) is 13.7. The number of pyridine rings is 2. The average Bonchev–Trinajstić information content (AvgIpc) is 3.13. The summed E-state index contributed by atoms with van der Waals surface area (Å²) in [6.07, 6.45) is 4.17. The summed E-state index contributed by atoms with van der Waals surface area (Å²) in [6.45, 7) is 1.40. The van der Waals surface area contributed by atoms with Gasteiger partial charge in [-0.15, -0.1) is 0 Å². The molecule has 4 aromatic rings. The van der Waals surface area contributed by atoms with Gasteiger partial charge in [0.2, 0.25) is 0 Å². The number of benzene rings is 1. The number of aromatic nitrogens is 4. The maximum atomic E-state index is 12.4. The van der Waals surface area contributed by atoms with Crippen molar-refractivity contribution in [1.29, 1.82) is 5.26 Å². The minimum atomic E-state index is -0.0271. The van der Waals surface area contributed by atoms with Crippen molar-refractivity contribution < 1.29 is 4.79 Å². The SMILES string of the molecule is N#Cc1ccc2ncc3[nH]c(CC4CN(C(=O)c5ccccn5)C4)nc3c2c1. The Labute approximate surface area is 160 Å². The maximum Gasteiger partial charge on any atom is 0.272 e. The van der Waals surface area contributed by atoms with Crippen molar-refractivity contribution in [2.45, 2.75) is 6.42 Å². The number of nitriles is 1. The second-order valence-electron chi connectivity index (χ2n) is 7.04. The van der Waals surface area contributed by atoms with Gasteiger partial charge in [-0.05, 0) is 30.3 Å². The van der Waals surface area contributed by atoms with Crippen molar-refractivity contribution in [2.24, 2.45) is 5.92 Å². The molecule has 1 N–H and O–H groups in total. The molecule has 4 heterocycles. The van der Waals surface area contributed by atoms with Crippen LogP contribution in [0.3, 0.4) is 0 Å². The first-order valence-corrected chi connectivity index (χ1v) is 9.09. The third kappa shape index (κ3) is 2.76. The highest BCUT2D eigenvalue weighted by atomic mass is 16.2. The largest absolute Gasteiger partial charge is 0.341 e. The average molecular weight is 368 g/mol. The van der Waals surface area contributed by atoms with E-state index in [1.165, 1.54) is 0 Å². The number of imidazole rings is 1. The standard InChI is InChI=1S/C21H16N6O/c22-9-13-4-5-16-15(7-13)20-18(10-24-16)25-19(26-20)8-14-11-27(12-14)21(28)17-3-1-2-6-23-17/h1-7,10,14H,8,11-12H2,(H,25,26). The molecule has 1 amide bonds. The molecular weight excluding hydrogens is 352 g/mol. The molecule has 1 aromatic carbocycles. The van der Waals surface area contributed by atoms with Gasteiger partial charge in [-0.25, -0.2) is 4.98 Å². The summed E-state index contributed by atoms with van der Waals surface area (Å²) in [7, 11) is 0. The van der Waals surface area contributed by atoms with Crippen LogP contribution in [0.15, 0.2) is 48.8 Å². The van der Waals surface area contributed by atoms with Gasteiger partial charge in [0, 0.05) is 37.0 Å². The number of hydrogen-bond acceptors (Lipinski definition) is 5. The Morgan fingerprint density at radius 3 is 2.93 bits per heavy atom. The lowest BCUT2D eigenvalue weighted by atomic mass is 9.95. The Bertz CT molecular complexity index is 1230. The van der Waals surface area contributed by atoms with Crippen molar-refractivity contribution in [3.63, 3.8) is 0 Å². The second-order valence-corrected chi connectivity index (χ2v) is 7.04. The third-order valence-corrected chi connectivity index (χ3v) is 5.10. The van der Waals surface area contributed by atoms with Gasteiger partial charge < -0.3 is 9.88 Å². The van der Waals surface area contributed by atoms with E-state index in [-0.39, 0.29) is 5.91 Å². The molecule has 136 valence electrons. The number of carbonyl (C=O) groups is 1. The molecule has 28 heavy (non-hydrogen) atoms. The number of H-pyrrole nitrogens is 1. The number of amides is 1. The van der Waals surface area contributed by atoms with Crippen molar-refractivity contribution in [3.05, 3.63) is 65.9 Å². The molecule has 7 heteroatoms. The zero-order valence-electron chi connectivity index (χ0n) is 15.0. The van der Waals surface area contributed by atoms with Crippen LogP contribution >= 0.6 is 0 Å². The normalized spacial score (nSPS) is 14.2. The highest BCUT2D eigenvalue weighted by Crippen LogP contribution is 2.26. The molecule has 0 aliphatic carbocycles. The van der Waals surface area contributed by atoms with E-state index in [1.54, 1.807) is 30.6 Å². The summed E-state index contributed by atoms with van der Waals surface area (Å²) in [5.74, 6) is 1.21. The summed E-state index contributed by atoms with van der Waals surface area (Å²) in [4.78, 5) is 30.8. The van der Waals surface area contributed by atoms with Gasteiger partial charge in [-0.1, -0.05) is 6.07 Å². The van der Waals surface area contributed by atoms with Gasteiger partial charge in [0.15, 0.2) is 0 Å². The Kier molecular flexibility index (Phi) is 3.76. The lowest BCUT2D eigenvalue weighted by molar-refractivity contribution is 0.0492. The van der Waals surface area contributed by atoms with Crippen molar-refractivity contribution in [3.8, 4) is 6.07 Å². The van der Waals surface area contributed by atoms with Crippen LogP contribution in [0.5, 0.6) is 0 Å². The molecule has 1 aliphatic rings. The molecular formula is C21H16N6O. The number of nitrogens with zero attached hydrogens (tertiary/aromatic N) is 5. The van der Waals surface area contributed by atoms with Crippen LogP contribution in [-0.2, 0) is 6.42 Å². The van der Waals surface area contributed by atoms with Crippen LogP contribution in [0.1, 0.15) is 21.9 Å². The van der Waals surface area contributed by atoms with Gasteiger partial charge in [-0.3, -0.25) is 14.8 Å². The highest BCUT2D eigenvalue weighted by molar-refractivity contribution is 6.02. The predicted molar refractivity (Wildman–Crippen MR) is 103 cm³/mol. The molecule has 1 fully saturated rings. The van der Waals surface area contributed by atoms with Gasteiger partial charge in [0.05, 0.1) is 34.4 Å². The summed E-state index contributed by atoms with van der Waals surface area (Å²) in [6, 6.07) is 13.0. The summed E-state index contributed by atoms with van der Waals surface area (Å²) < 4.78 is 0. The minimum Gasteiger partial charge on any atom is -0.341 e. The maximum absolute atomic E-state index is 12.4. The number of rotatable bonds is 3. The van der Waals surface area contributed by atoms with E-state index in [0.29, 0.717) is 30.3 Å². The van der Waals surface area contributed by atoms with Gasteiger partial charge in [-0.2, -0.15) is 5.26 Å². The van der Waals surface area contributed by atoms with E-state index in [2.05, 4.69) is 21.0 Å². The molecule has 7 nitrogen and oxygen atoms in total. The van der Waals surface area contributed by atoms with Crippen LogP contribution in [0, 0.1) is 17.2 Å². The smallest absolute Gasteiger partial charge is 0.272 e. The molecule has 0 bridgehead atoms.